The quantitative estimate of drug-likeness (QED) is 0.622. The largest absolute Gasteiger partial charge is 0.377 e. The first-order valence-electron chi connectivity index (χ1n) is 10.5. The van der Waals surface area contributed by atoms with Gasteiger partial charge in [0.2, 0.25) is 15.0 Å². The zero-order valence-corrected chi connectivity index (χ0v) is 18.6. The summed E-state index contributed by atoms with van der Waals surface area (Å²) < 4.78 is 33.9. The number of sulfone groups is 1. The fourth-order valence-corrected chi connectivity index (χ4v) is 5.33. The van der Waals surface area contributed by atoms with Crippen LogP contribution in [-0.2, 0) is 33.4 Å². The van der Waals surface area contributed by atoms with Gasteiger partial charge in [-0.25, -0.2) is 13.4 Å². The molecule has 0 N–H and O–H groups in total. The summed E-state index contributed by atoms with van der Waals surface area (Å²) >= 11 is 0. The summed E-state index contributed by atoms with van der Waals surface area (Å²) in [5.41, 5.74) is 1.71. The van der Waals surface area contributed by atoms with Gasteiger partial charge in [-0.05, 0) is 37.8 Å². The minimum Gasteiger partial charge on any atom is -0.377 e. The Morgan fingerprint density at radius 1 is 1.24 bits per heavy atom. The normalized spacial score (nSPS) is 17.9. The standard InChI is InChI=1S/C22H33N3O3S/c1-18(2)14-25-20(15-24(3)16-21-11-7-8-12-28-21)13-23-22(25)29(26,27)17-19-9-5-4-6-10-19/h4-6,9-10,13,18,21H,7-8,11-12,14-17H2,1-3H3. The van der Waals surface area contributed by atoms with Crippen LogP contribution in [-0.4, -0.2) is 49.2 Å². The second kappa shape index (κ2) is 9.87. The summed E-state index contributed by atoms with van der Waals surface area (Å²) in [6.07, 6.45) is 5.43. The number of hydrogen-bond donors (Lipinski definition) is 0. The lowest BCUT2D eigenvalue weighted by Gasteiger charge is -2.27. The van der Waals surface area contributed by atoms with Gasteiger partial charge in [0.15, 0.2) is 0 Å². The van der Waals surface area contributed by atoms with Gasteiger partial charge in [0, 0.05) is 26.2 Å². The van der Waals surface area contributed by atoms with E-state index in [-0.39, 0.29) is 17.0 Å². The first kappa shape index (κ1) is 22.0. The molecule has 0 spiro atoms. The van der Waals surface area contributed by atoms with Crippen LogP contribution < -0.4 is 0 Å². The molecule has 0 aliphatic carbocycles. The molecule has 1 aliphatic heterocycles. The first-order valence-corrected chi connectivity index (χ1v) is 12.1. The highest BCUT2D eigenvalue weighted by atomic mass is 32.2. The maximum absolute atomic E-state index is 13.1. The minimum absolute atomic E-state index is 0.0336. The number of nitrogens with zero attached hydrogens (tertiary/aromatic N) is 3. The van der Waals surface area contributed by atoms with Crippen LogP contribution in [0.2, 0.25) is 0 Å². The number of rotatable bonds is 9. The van der Waals surface area contributed by atoms with E-state index in [2.05, 4.69) is 30.8 Å². The molecule has 1 atom stereocenters. The summed E-state index contributed by atoms with van der Waals surface area (Å²) in [7, 11) is -1.46. The van der Waals surface area contributed by atoms with Gasteiger partial charge in [0.1, 0.15) is 0 Å². The van der Waals surface area contributed by atoms with Crippen LogP contribution in [0, 0.1) is 5.92 Å². The van der Waals surface area contributed by atoms with E-state index in [1.165, 1.54) is 6.42 Å². The Kier molecular flexibility index (Phi) is 7.49. The lowest BCUT2D eigenvalue weighted by Crippen LogP contribution is -2.33. The van der Waals surface area contributed by atoms with E-state index >= 15 is 0 Å². The van der Waals surface area contributed by atoms with Gasteiger partial charge >= 0.3 is 0 Å². The Hall–Kier alpha value is -1.70. The number of benzene rings is 1. The molecule has 2 heterocycles. The summed E-state index contributed by atoms with van der Waals surface area (Å²) in [5.74, 6) is 0.286. The van der Waals surface area contributed by atoms with E-state index in [0.717, 1.165) is 37.3 Å². The Balaban J connectivity index is 1.78. The Morgan fingerprint density at radius 3 is 2.66 bits per heavy atom. The Bertz CT molecular complexity index is 872. The highest BCUT2D eigenvalue weighted by Crippen LogP contribution is 2.21. The van der Waals surface area contributed by atoms with E-state index in [9.17, 15) is 8.42 Å². The lowest BCUT2D eigenvalue weighted by atomic mass is 10.1. The van der Waals surface area contributed by atoms with Crippen LogP contribution in [0.4, 0.5) is 0 Å². The molecule has 2 aromatic rings. The molecule has 1 aromatic carbocycles. The van der Waals surface area contributed by atoms with Gasteiger partial charge in [0.25, 0.3) is 0 Å². The second-order valence-corrected chi connectivity index (χ2v) is 10.3. The Morgan fingerprint density at radius 2 is 2.00 bits per heavy atom. The third kappa shape index (κ3) is 6.14. The van der Waals surface area contributed by atoms with Crippen molar-refractivity contribution in [2.75, 3.05) is 20.2 Å². The number of imidazole rings is 1. The molecule has 29 heavy (non-hydrogen) atoms. The zero-order chi connectivity index (χ0) is 20.9. The SMILES string of the molecule is CC(C)Cn1c(CN(C)CC2CCCCO2)cnc1S(=O)(=O)Cc1ccccc1. The average molecular weight is 420 g/mol. The van der Waals surface area contributed by atoms with Gasteiger partial charge in [0.05, 0.1) is 23.7 Å². The molecule has 0 amide bonds. The van der Waals surface area contributed by atoms with Crippen LogP contribution in [0.15, 0.2) is 41.7 Å². The minimum atomic E-state index is -3.52. The van der Waals surface area contributed by atoms with E-state index in [0.29, 0.717) is 19.0 Å². The topological polar surface area (TPSA) is 64.4 Å². The van der Waals surface area contributed by atoms with Crippen molar-refractivity contribution in [2.45, 2.75) is 63.2 Å². The molecule has 160 valence electrons. The molecule has 1 aliphatic rings. The van der Waals surface area contributed by atoms with Crippen LogP contribution in [0.1, 0.15) is 44.4 Å². The number of likely N-dealkylation sites (N-methyl/N-ethyl adjacent to an activating group) is 1. The molecule has 1 aromatic heterocycles. The molecule has 3 rings (SSSR count). The predicted molar refractivity (Wildman–Crippen MR) is 114 cm³/mol. The predicted octanol–water partition coefficient (Wildman–Crippen LogP) is 3.51. The van der Waals surface area contributed by atoms with Crippen molar-refractivity contribution >= 4 is 9.84 Å². The van der Waals surface area contributed by atoms with Gasteiger partial charge in [-0.3, -0.25) is 4.90 Å². The van der Waals surface area contributed by atoms with Crippen molar-refractivity contribution in [3.05, 3.63) is 47.8 Å². The van der Waals surface area contributed by atoms with Gasteiger partial charge in [-0.1, -0.05) is 44.2 Å². The van der Waals surface area contributed by atoms with Crippen LogP contribution in [0.5, 0.6) is 0 Å². The number of hydrogen-bond acceptors (Lipinski definition) is 5. The third-order valence-corrected chi connectivity index (χ3v) is 6.74. The summed E-state index contributed by atoms with van der Waals surface area (Å²) in [5, 5.41) is 0.173. The molecular weight excluding hydrogens is 386 g/mol. The van der Waals surface area contributed by atoms with Crippen molar-refractivity contribution in [2.24, 2.45) is 5.92 Å². The fourth-order valence-electron chi connectivity index (χ4n) is 3.83. The monoisotopic (exact) mass is 419 g/mol. The molecule has 0 radical (unpaired) electrons. The second-order valence-electron chi connectivity index (χ2n) is 8.47. The van der Waals surface area contributed by atoms with Gasteiger partial charge in [-0.2, -0.15) is 0 Å². The van der Waals surface area contributed by atoms with Crippen LogP contribution in [0.25, 0.3) is 0 Å². The maximum Gasteiger partial charge on any atom is 0.228 e. The molecule has 1 unspecified atom stereocenters. The lowest BCUT2D eigenvalue weighted by molar-refractivity contribution is -0.00292. The molecule has 0 bridgehead atoms. The van der Waals surface area contributed by atoms with Crippen LogP contribution in [0.3, 0.4) is 0 Å². The van der Waals surface area contributed by atoms with Crippen molar-refractivity contribution in [3.8, 4) is 0 Å². The number of ether oxygens (including phenoxy) is 1. The Labute approximate surface area is 174 Å². The average Bonchev–Trinajstić information content (AvgIpc) is 3.05. The zero-order valence-electron chi connectivity index (χ0n) is 17.8. The van der Waals surface area contributed by atoms with Crippen molar-refractivity contribution in [1.29, 1.82) is 0 Å². The molecule has 7 heteroatoms. The highest BCUT2D eigenvalue weighted by molar-refractivity contribution is 7.90. The molecule has 0 saturated carbocycles. The third-order valence-electron chi connectivity index (χ3n) is 5.15. The summed E-state index contributed by atoms with van der Waals surface area (Å²) in [6, 6.07) is 9.29. The highest BCUT2D eigenvalue weighted by Gasteiger charge is 2.25. The van der Waals surface area contributed by atoms with Crippen molar-refractivity contribution < 1.29 is 13.2 Å². The molecular formula is C22H33N3O3S. The molecule has 1 fully saturated rings. The van der Waals surface area contributed by atoms with Crippen molar-refractivity contribution in [1.82, 2.24) is 14.5 Å². The van der Waals surface area contributed by atoms with Crippen molar-refractivity contribution in [3.63, 3.8) is 0 Å². The van der Waals surface area contributed by atoms with E-state index in [4.69, 9.17) is 4.74 Å². The van der Waals surface area contributed by atoms with E-state index < -0.39 is 9.84 Å². The summed E-state index contributed by atoms with van der Waals surface area (Å²) in [4.78, 5) is 6.56. The molecule has 6 nitrogen and oxygen atoms in total. The van der Waals surface area contributed by atoms with E-state index in [1.807, 2.05) is 34.9 Å². The van der Waals surface area contributed by atoms with Gasteiger partial charge < -0.3 is 9.30 Å². The fraction of sp³-hybridized carbons (Fsp3) is 0.591. The number of aromatic nitrogens is 2. The van der Waals surface area contributed by atoms with Gasteiger partial charge in [-0.15, -0.1) is 0 Å². The molecule has 1 saturated heterocycles. The maximum atomic E-state index is 13.1. The van der Waals surface area contributed by atoms with Crippen LogP contribution >= 0.6 is 0 Å². The first-order chi connectivity index (χ1) is 13.8. The smallest absolute Gasteiger partial charge is 0.228 e. The summed E-state index contributed by atoms with van der Waals surface area (Å²) in [6.45, 7) is 7.16. The van der Waals surface area contributed by atoms with E-state index in [1.54, 1.807) is 6.20 Å².